The first-order valence-corrected chi connectivity index (χ1v) is 6.75. The molecule has 2 N–H and O–H groups in total. The van der Waals surface area contributed by atoms with Gasteiger partial charge in [0.1, 0.15) is 0 Å². The monoisotopic (exact) mass is 247 g/mol. The van der Waals surface area contributed by atoms with Gasteiger partial charge in [-0.05, 0) is 30.7 Å². The zero-order valence-corrected chi connectivity index (χ0v) is 10.1. The number of nitrogens with two attached hydrogens (primary N) is 1. The molecule has 0 amide bonds. The first-order valence-electron chi connectivity index (χ1n) is 4.72. The van der Waals surface area contributed by atoms with Gasteiger partial charge in [0.2, 0.25) is 0 Å². The molecule has 5 heteroatoms. The van der Waals surface area contributed by atoms with Crippen molar-refractivity contribution in [3.05, 3.63) is 28.8 Å². The zero-order valence-electron chi connectivity index (χ0n) is 8.53. The van der Waals surface area contributed by atoms with Gasteiger partial charge in [0.25, 0.3) is 0 Å². The third-order valence-electron chi connectivity index (χ3n) is 2.14. The van der Waals surface area contributed by atoms with Crippen LogP contribution in [0.3, 0.4) is 0 Å². The molecule has 0 spiro atoms. The molecular weight excluding hydrogens is 234 g/mol. The summed E-state index contributed by atoms with van der Waals surface area (Å²) in [5, 5.41) is 0.280. The Morgan fingerprint density at radius 1 is 1.40 bits per heavy atom. The Bertz CT molecular complexity index is 443. The third kappa shape index (κ3) is 2.93. The first kappa shape index (κ1) is 12.5. The second-order valence-corrected chi connectivity index (χ2v) is 5.86. The van der Waals surface area contributed by atoms with Crippen LogP contribution < -0.4 is 5.73 Å². The lowest BCUT2D eigenvalue weighted by atomic mass is 10.1. The Hall–Kier alpha value is -0.580. The molecule has 1 aromatic rings. The quantitative estimate of drug-likeness (QED) is 0.880. The van der Waals surface area contributed by atoms with E-state index in [0.717, 1.165) is 5.56 Å². The van der Waals surface area contributed by atoms with Crippen LogP contribution in [0.5, 0.6) is 0 Å². The van der Waals surface area contributed by atoms with E-state index in [1.807, 2.05) is 0 Å². The summed E-state index contributed by atoms with van der Waals surface area (Å²) in [4.78, 5) is 0.201. The highest BCUT2D eigenvalue weighted by Gasteiger charge is 2.15. The van der Waals surface area contributed by atoms with E-state index < -0.39 is 9.84 Å². The Balaban J connectivity index is 3.14. The third-order valence-corrected chi connectivity index (χ3v) is 4.36. The molecule has 3 nitrogen and oxygen atoms in total. The maximum atomic E-state index is 11.6. The topological polar surface area (TPSA) is 60.2 Å². The minimum Gasteiger partial charge on any atom is -0.330 e. The second kappa shape index (κ2) is 4.96. The lowest BCUT2D eigenvalue weighted by molar-refractivity contribution is 0.597. The van der Waals surface area contributed by atoms with Crippen LogP contribution in [0.25, 0.3) is 0 Å². The van der Waals surface area contributed by atoms with Gasteiger partial charge in [-0.15, -0.1) is 0 Å². The summed E-state index contributed by atoms with van der Waals surface area (Å²) in [6, 6.07) is 4.96. The van der Waals surface area contributed by atoms with E-state index in [1.165, 1.54) is 0 Å². The van der Waals surface area contributed by atoms with Crippen LogP contribution in [0.4, 0.5) is 0 Å². The Labute approximate surface area is 95.2 Å². The Morgan fingerprint density at radius 3 is 2.53 bits per heavy atom. The molecule has 0 aliphatic carbocycles. The summed E-state index contributed by atoms with van der Waals surface area (Å²) >= 11 is 5.91. The maximum Gasteiger partial charge on any atom is 0.179 e. The van der Waals surface area contributed by atoms with Gasteiger partial charge >= 0.3 is 0 Å². The highest BCUT2D eigenvalue weighted by molar-refractivity contribution is 7.91. The SMILES string of the molecule is CCS(=O)(=O)c1ccc(CCN)cc1Cl. The Kier molecular flexibility index (Phi) is 4.13. The second-order valence-electron chi connectivity index (χ2n) is 3.21. The normalized spacial score (nSPS) is 11.7. The van der Waals surface area contributed by atoms with E-state index in [2.05, 4.69) is 0 Å². The van der Waals surface area contributed by atoms with Crippen molar-refractivity contribution in [1.82, 2.24) is 0 Å². The average molecular weight is 248 g/mol. The average Bonchev–Trinajstić information content (AvgIpc) is 2.18. The minimum atomic E-state index is -3.22. The smallest absolute Gasteiger partial charge is 0.179 e. The largest absolute Gasteiger partial charge is 0.330 e. The van der Waals surface area contributed by atoms with Crippen molar-refractivity contribution >= 4 is 21.4 Å². The van der Waals surface area contributed by atoms with Crippen LogP contribution in [-0.2, 0) is 16.3 Å². The fourth-order valence-corrected chi connectivity index (χ4v) is 2.77. The van der Waals surface area contributed by atoms with Crippen LogP contribution in [0, 0.1) is 0 Å². The van der Waals surface area contributed by atoms with Gasteiger partial charge in [0.15, 0.2) is 9.84 Å². The predicted molar refractivity (Wildman–Crippen MR) is 61.9 cm³/mol. The van der Waals surface area contributed by atoms with Crippen molar-refractivity contribution in [2.24, 2.45) is 5.73 Å². The zero-order chi connectivity index (χ0) is 11.5. The van der Waals surface area contributed by atoms with Crippen LogP contribution in [0.15, 0.2) is 23.1 Å². The molecule has 1 rings (SSSR count). The molecule has 0 aliphatic heterocycles. The van der Waals surface area contributed by atoms with Gasteiger partial charge in [-0.2, -0.15) is 0 Å². The van der Waals surface area contributed by atoms with Crippen molar-refractivity contribution in [3.8, 4) is 0 Å². The van der Waals surface area contributed by atoms with Crippen molar-refractivity contribution < 1.29 is 8.42 Å². The molecule has 1 aromatic carbocycles. The number of halogens is 1. The van der Waals surface area contributed by atoms with E-state index in [1.54, 1.807) is 25.1 Å². The summed E-state index contributed by atoms with van der Waals surface area (Å²) in [6.45, 7) is 2.12. The van der Waals surface area contributed by atoms with E-state index in [0.29, 0.717) is 13.0 Å². The summed E-state index contributed by atoms with van der Waals surface area (Å²) in [5.74, 6) is 0.0585. The van der Waals surface area contributed by atoms with Gasteiger partial charge in [0, 0.05) is 0 Å². The molecule has 0 fully saturated rings. The van der Waals surface area contributed by atoms with E-state index in [9.17, 15) is 8.42 Å². The van der Waals surface area contributed by atoms with Crippen LogP contribution >= 0.6 is 11.6 Å². The van der Waals surface area contributed by atoms with Gasteiger partial charge in [-0.1, -0.05) is 24.6 Å². The van der Waals surface area contributed by atoms with Crippen molar-refractivity contribution in [1.29, 1.82) is 0 Å². The van der Waals surface area contributed by atoms with Crippen LogP contribution in [0.2, 0.25) is 5.02 Å². The number of hydrogen-bond acceptors (Lipinski definition) is 3. The first-order chi connectivity index (χ1) is 7.01. The number of hydrogen-bond donors (Lipinski definition) is 1. The van der Waals surface area contributed by atoms with E-state index >= 15 is 0 Å². The lowest BCUT2D eigenvalue weighted by Crippen LogP contribution is -2.06. The fourth-order valence-electron chi connectivity index (χ4n) is 1.27. The summed E-state index contributed by atoms with van der Waals surface area (Å²) in [6.07, 6.45) is 0.701. The molecule has 15 heavy (non-hydrogen) atoms. The maximum absolute atomic E-state index is 11.6. The molecule has 0 aliphatic rings. The molecule has 0 saturated heterocycles. The molecule has 0 aromatic heterocycles. The van der Waals surface area contributed by atoms with Crippen LogP contribution in [-0.4, -0.2) is 20.7 Å². The minimum absolute atomic E-state index is 0.0585. The predicted octanol–water partition coefficient (Wildman–Crippen LogP) is 1.63. The van der Waals surface area contributed by atoms with Crippen molar-refractivity contribution in [3.63, 3.8) is 0 Å². The van der Waals surface area contributed by atoms with E-state index in [4.69, 9.17) is 17.3 Å². The number of benzene rings is 1. The molecule has 0 bridgehead atoms. The summed E-state index contributed by atoms with van der Waals surface area (Å²) < 4.78 is 23.2. The molecular formula is C10H14ClNO2S. The van der Waals surface area contributed by atoms with Gasteiger partial charge < -0.3 is 5.73 Å². The number of rotatable bonds is 4. The molecule has 0 heterocycles. The summed E-state index contributed by atoms with van der Waals surface area (Å²) in [5.41, 5.74) is 6.36. The van der Waals surface area contributed by atoms with E-state index in [-0.39, 0.29) is 15.7 Å². The summed E-state index contributed by atoms with van der Waals surface area (Å²) in [7, 11) is -3.22. The van der Waals surface area contributed by atoms with Crippen molar-refractivity contribution in [2.45, 2.75) is 18.2 Å². The molecule has 0 radical (unpaired) electrons. The lowest BCUT2D eigenvalue weighted by Gasteiger charge is -2.06. The highest BCUT2D eigenvalue weighted by atomic mass is 35.5. The molecule has 0 saturated carbocycles. The van der Waals surface area contributed by atoms with Gasteiger partial charge in [-0.3, -0.25) is 0 Å². The number of sulfone groups is 1. The molecule has 0 unspecified atom stereocenters. The van der Waals surface area contributed by atoms with Gasteiger partial charge in [0.05, 0.1) is 15.7 Å². The molecule has 0 atom stereocenters. The van der Waals surface area contributed by atoms with Gasteiger partial charge in [-0.25, -0.2) is 8.42 Å². The Morgan fingerprint density at radius 2 is 2.07 bits per heavy atom. The van der Waals surface area contributed by atoms with Crippen molar-refractivity contribution in [2.75, 3.05) is 12.3 Å². The molecule has 84 valence electrons. The highest BCUT2D eigenvalue weighted by Crippen LogP contribution is 2.23. The standard InChI is InChI=1S/C10H14ClNO2S/c1-2-15(13,14)10-4-3-8(5-6-12)7-9(10)11/h3-4,7H,2,5-6,12H2,1H3. The van der Waals surface area contributed by atoms with Crippen LogP contribution in [0.1, 0.15) is 12.5 Å². The fraction of sp³-hybridized carbons (Fsp3) is 0.400.